The summed E-state index contributed by atoms with van der Waals surface area (Å²) in [7, 11) is 1.55. The lowest BCUT2D eigenvalue weighted by atomic mass is 10.0. The van der Waals surface area contributed by atoms with Crippen LogP contribution >= 0.6 is 0 Å². The van der Waals surface area contributed by atoms with Crippen LogP contribution in [-0.4, -0.2) is 43.6 Å². The number of nitrogens with one attached hydrogen (secondary N) is 2. The molecule has 2 heterocycles. The second kappa shape index (κ2) is 9.28. The molecule has 0 atom stereocenters. The second-order valence-electron chi connectivity index (χ2n) is 6.74. The first-order valence-electron chi connectivity index (χ1n) is 9.28. The highest BCUT2D eigenvalue weighted by Crippen LogP contribution is 2.15. The standard InChI is InChI=1S/C21H25N3O3/c1-22-21(26)19-13-17(20(25)23-14-16-7-9-27-10-8-16)12-18(24-19)11-15-5-3-2-4-6-15/h2-6,12-13,16H,7-11,14H2,1H3,(H,22,26)(H,23,25). The maximum Gasteiger partial charge on any atom is 0.269 e. The number of pyridine rings is 1. The van der Waals surface area contributed by atoms with E-state index < -0.39 is 0 Å². The maximum atomic E-state index is 12.7. The molecule has 2 aromatic rings. The van der Waals surface area contributed by atoms with Crippen molar-refractivity contribution in [1.82, 2.24) is 15.6 Å². The van der Waals surface area contributed by atoms with E-state index in [0.717, 1.165) is 31.6 Å². The first-order valence-corrected chi connectivity index (χ1v) is 9.28. The highest BCUT2D eigenvalue weighted by Gasteiger charge is 2.17. The molecule has 0 radical (unpaired) electrons. The van der Waals surface area contributed by atoms with Crippen molar-refractivity contribution in [1.29, 1.82) is 0 Å². The van der Waals surface area contributed by atoms with E-state index in [2.05, 4.69) is 15.6 Å². The predicted molar refractivity (Wildman–Crippen MR) is 103 cm³/mol. The molecule has 2 amide bonds. The molecule has 1 aliphatic heterocycles. The van der Waals surface area contributed by atoms with E-state index in [4.69, 9.17) is 4.74 Å². The summed E-state index contributed by atoms with van der Waals surface area (Å²) in [5.41, 5.74) is 2.48. The van der Waals surface area contributed by atoms with Gasteiger partial charge in [0.05, 0.1) is 0 Å². The number of rotatable bonds is 6. The summed E-state index contributed by atoms with van der Waals surface area (Å²) >= 11 is 0. The molecule has 1 fully saturated rings. The molecule has 142 valence electrons. The lowest BCUT2D eigenvalue weighted by Gasteiger charge is -2.22. The number of carbonyl (C=O) groups is 2. The summed E-state index contributed by atoms with van der Waals surface area (Å²) in [6, 6.07) is 13.2. The number of amides is 2. The first kappa shape index (κ1) is 19.0. The zero-order chi connectivity index (χ0) is 19.1. The van der Waals surface area contributed by atoms with Gasteiger partial charge in [0.2, 0.25) is 0 Å². The number of ether oxygens (including phenoxy) is 1. The third-order valence-corrected chi connectivity index (χ3v) is 4.72. The number of aromatic nitrogens is 1. The van der Waals surface area contributed by atoms with Gasteiger partial charge in [0, 0.05) is 44.5 Å². The molecule has 2 N–H and O–H groups in total. The van der Waals surface area contributed by atoms with Crippen LogP contribution in [0.1, 0.15) is 44.9 Å². The Bertz CT molecular complexity index is 787. The van der Waals surface area contributed by atoms with Gasteiger partial charge in [-0.1, -0.05) is 30.3 Å². The monoisotopic (exact) mass is 367 g/mol. The van der Waals surface area contributed by atoms with Crippen molar-refractivity contribution in [2.24, 2.45) is 5.92 Å². The van der Waals surface area contributed by atoms with Gasteiger partial charge in [-0.15, -0.1) is 0 Å². The normalized spacial score (nSPS) is 14.6. The third kappa shape index (κ3) is 5.37. The zero-order valence-corrected chi connectivity index (χ0v) is 15.5. The molecule has 27 heavy (non-hydrogen) atoms. The molecule has 1 aliphatic rings. The van der Waals surface area contributed by atoms with Crippen molar-refractivity contribution in [3.05, 3.63) is 65.0 Å². The van der Waals surface area contributed by atoms with Gasteiger partial charge in [-0.2, -0.15) is 0 Å². The Morgan fingerprint density at radius 1 is 1.11 bits per heavy atom. The largest absolute Gasteiger partial charge is 0.381 e. The second-order valence-corrected chi connectivity index (χ2v) is 6.74. The van der Waals surface area contributed by atoms with E-state index in [9.17, 15) is 9.59 Å². The van der Waals surface area contributed by atoms with Crippen molar-refractivity contribution >= 4 is 11.8 Å². The molecule has 0 aliphatic carbocycles. The zero-order valence-electron chi connectivity index (χ0n) is 15.5. The lowest BCUT2D eigenvalue weighted by molar-refractivity contribution is 0.0642. The van der Waals surface area contributed by atoms with Crippen molar-refractivity contribution in [3.8, 4) is 0 Å². The smallest absolute Gasteiger partial charge is 0.269 e. The van der Waals surface area contributed by atoms with Crippen LogP contribution in [0.3, 0.4) is 0 Å². The summed E-state index contributed by atoms with van der Waals surface area (Å²) in [6.07, 6.45) is 2.48. The SMILES string of the molecule is CNC(=O)c1cc(C(=O)NCC2CCOCC2)cc(Cc2ccccc2)n1. The van der Waals surface area contributed by atoms with E-state index in [1.54, 1.807) is 19.2 Å². The third-order valence-electron chi connectivity index (χ3n) is 4.72. The van der Waals surface area contributed by atoms with Crippen molar-refractivity contribution in [3.63, 3.8) is 0 Å². The summed E-state index contributed by atoms with van der Waals surface area (Å²) in [4.78, 5) is 29.2. The molecule has 0 saturated carbocycles. The van der Waals surface area contributed by atoms with Gasteiger partial charge in [-0.3, -0.25) is 9.59 Å². The highest BCUT2D eigenvalue weighted by molar-refractivity contribution is 5.98. The van der Waals surface area contributed by atoms with E-state index in [1.165, 1.54) is 0 Å². The number of benzene rings is 1. The number of nitrogens with zero attached hydrogens (tertiary/aromatic N) is 1. The molecular weight excluding hydrogens is 342 g/mol. The predicted octanol–water partition coefficient (Wildman–Crippen LogP) is 2.19. The Morgan fingerprint density at radius 2 is 1.85 bits per heavy atom. The van der Waals surface area contributed by atoms with E-state index in [1.807, 2.05) is 30.3 Å². The van der Waals surface area contributed by atoms with Gasteiger partial charge in [0.15, 0.2) is 0 Å². The summed E-state index contributed by atoms with van der Waals surface area (Å²) in [5.74, 6) is -0.0431. The van der Waals surface area contributed by atoms with Crippen LogP contribution in [0.5, 0.6) is 0 Å². The van der Waals surface area contributed by atoms with Gasteiger partial charge >= 0.3 is 0 Å². The molecule has 1 saturated heterocycles. The molecule has 1 aromatic heterocycles. The van der Waals surface area contributed by atoms with Crippen molar-refractivity contribution < 1.29 is 14.3 Å². The Hall–Kier alpha value is -2.73. The van der Waals surface area contributed by atoms with Crippen LogP contribution in [0.2, 0.25) is 0 Å². The number of hydrogen-bond donors (Lipinski definition) is 2. The fourth-order valence-electron chi connectivity index (χ4n) is 3.15. The van der Waals surface area contributed by atoms with Gasteiger partial charge in [0.25, 0.3) is 11.8 Å². The van der Waals surface area contributed by atoms with E-state index in [0.29, 0.717) is 30.1 Å². The van der Waals surface area contributed by atoms with Crippen LogP contribution < -0.4 is 10.6 Å². The Kier molecular flexibility index (Phi) is 6.54. The Balaban J connectivity index is 1.76. The Labute approximate surface area is 159 Å². The molecule has 1 aromatic carbocycles. The highest BCUT2D eigenvalue weighted by atomic mass is 16.5. The Morgan fingerprint density at radius 3 is 2.56 bits per heavy atom. The van der Waals surface area contributed by atoms with Crippen LogP contribution in [0.15, 0.2) is 42.5 Å². The van der Waals surface area contributed by atoms with Crippen LogP contribution in [-0.2, 0) is 11.2 Å². The number of carbonyl (C=O) groups excluding carboxylic acids is 2. The summed E-state index contributed by atoms with van der Waals surface area (Å²) < 4.78 is 5.35. The van der Waals surface area contributed by atoms with Crippen molar-refractivity contribution in [2.45, 2.75) is 19.3 Å². The molecule has 6 nitrogen and oxygen atoms in total. The topological polar surface area (TPSA) is 80.3 Å². The average molecular weight is 367 g/mol. The summed E-state index contributed by atoms with van der Waals surface area (Å²) in [5, 5.41) is 5.57. The summed E-state index contributed by atoms with van der Waals surface area (Å²) in [6.45, 7) is 2.11. The number of hydrogen-bond acceptors (Lipinski definition) is 4. The molecule has 6 heteroatoms. The minimum Gasteiger partial charge on any atom is -0.381 e. The van der Waals surface area contributed by atoms with Gasteiger partial charge in [-0.25, -0.2) is 4.98 Å². The fourth-order valence-corrected chi connectivity index (χ4v) is 3.15. The van der Waals surface area contributed by atoms with Crippen molar-refractivity contribution in [2.75, 3.05) is 26.8 Å². The maximum absolute atomic E-state index is 12.7. The van der Waals surface area contributed by atoms with E-state index >= 15 is 0 Å². The lowest BCUT2D eigenvalue weighted by Crippen LogP contribution is -2.32. The van der Waals surface area contributed by atoms with Crippen LogP contribution in [0.4, 0.5) is 0 Å². The van der Waals surface area contributed by atoms with Crippen LogP contribution in [0.25, 0.3) is 0 Å². The van der Waals surface area contributed by atoms with Gasteiger partial charge in [-0.05, 0) is 36.5 Å². The van der Waals surface area contributed by atoms with Gasteiger partial charge < -0.3 is 15.4 Å². The van der Waals surface area contributed by atoms with Gasteiger partial charge in [0.1, 0.15) is 5.69 Å². The molecule has 0 spiro atoms. The molecule has 0 bridgehead atoms. The quantitative estimate of drug-likeness (QED) is 0.820. The minimum atomic E-state index is -0.302. The van der Waals surface area contributed by atoms with E-state index in [-0.39, 0.29) is 17.5 Å². The van der Waals surface area contributed by atoms with Crippen LogP contribution in [0, 0.1) is 5.92 Å². The first-order chi connectivity index (χ1) is 13.2. The molecule has 3 rings (SSSR count). The molecule has 0 unspecified atom stereocenters. The average Bonchev–Trinajstić information content (AvgIpc) is 2.72. The minimum absolute atomic E-state index is 0.177. The molecular formula is C21H25N3O3. The fraction of sp³-hybridized carbons (Fsp3) is 0.381.